The average Bonchev–Trinajstić information content (AvgIpc) is 2.78. The van der Waals surface area contributed by atoms with E-state index in [-0.39, 0.29) is 0 Å². The van der Waals surface area contributed by atoms with Crippen LogP contribution in [-0.4, -0.2) is 44.2 Å². The van der Waals surface area contributed by atoms with Crippen molar-refractivity contribution in [3.63, 3.8) is 0 Å². The number of hydrogen-bond donors (Lipinski definition) is 4. The number of benzene rings is 1. The summed E-state index contributed by atoms with van der Waals surface area (Å²) in [6.07, 6.45) is 3.65. The van der Waals surface area contributed by atoms with Gasteiger partial charge in [0.15, 0.2) is 5.66 Å². The molecule has 0 radical (unpaired) electrons. The number of aromatic nitrogens is 1. The number of methoxy groups -OCH3 is 1. The van der Waals surface area contributed by atoms with Crippen molar-refractivity contribution in [2.24, 2.45) is 10.7 Å². The van der Waals surface area contributed by atoms with Crippen LogP contribution in [0.25, 0.3) is 0 Å². The van der Waals surface area contributed by atoms with E-state index in [1.807, 2.05) is 37.4 Å². The van der Waals surface area contributed by atoms with Gasteiger partial charge in [-0.1, -0.05) is 17.7 Å². The highest BCUT2D eigenvalue weighted by atomic mass is 35.5. The predicted octanol–water partition coefficient (Wildman–Crippen LogP) is 2.24. The molecule has 2 aromatic rings. The van der Waals surface area contributed by atoms with E-state index < -0.39 is 5.66 Å². The van der Waals surface area contributed by atoms with Crippen molar-refractivity contribution in [1.29, 1.82) is 0 Å². The first kappa shape index (κ1) is 20.5. The average molecular weight is 428 g/mol. The maximum atomic E-state index is 6.70. The number of pyridine rings is 1. The topological polar surface area (TPSA) is 99.8 Å². The largest absolute Gasteiger partial charge is 0.495 e. The van der Waals surface area contributed by atoms with Crippen molar-refractivity contribution >= 4 is 29.1 Å². The molecule has 1 saturated heterocycles. The van der Waals surface area contributed by atoms with Crippen LogP contribution in [0.2, 0.25) is 5.02 Å². The minimum atomic E-state index is -1.04. The number of rotatable bonds is 4. The van der Waals surface area contributed by atoms with Crippen molar-refractivity contribution in [3.05, 3.63) is 58.9 Å². The van der Waals surface area contributed by atoms with E-state index in [1.54, 1.807) is 19.4 Å². The maximum absolute atomic E-state index is 6.70. The Morgan fingerprint density at radius 1 is 1.23 bits per heavy atom. The molecule has 5 N–H and O–H groups in total. The van der Waals surface area contributed by atoms with Crippen LogP contribution in [0.4, 0.5) is 11.5 Å². The molecule has 0 bridgehead atoms. The molecule has 1 aromatic carbocycles. The summed E-state index contributed by atoms with van der Waals surface area (Å²) in [5, 5.41) is 10.3. The van der Waals surface area contributed by atoms with Crippen LogP contribution in [0.15, 0.2) is 53.3 Å². The number of halogens is 1. The van der Waals surface area contributed by atoms with Gasteiger partial charge in [0.1, 0.15) is 11.6 Å². The van der Waals surface area contributed by atoms with Gasteiger partial charge in [-0.15, -0.1) is 0 Å². The molecule has 0 saturated carbocycles. The SMILES string of the molecule is COc1cc(C2(N)N=C(Nc3ccc(N4CCNCC4)nc3)NC=C2C)ccc1Cl. The lowest BCUT2D eigenvalue weighted by molar-refractivity contribution is 0.412. The zero-order valence-electron chi connectivity index (χ0n) is 17.1. The molecule has 4 rings (SSSR count). The van der Waals surface area contributed by atoms with Gasteiger partial charge in [0.05, 0.1) is 24.0 Å². The summed E-state index contributed by atoms with van der Waals surface area (Å²) in [5.41, 5.74) is 8.13. The van der Waals surface area contributed by atoms with E-state index in [0.717, 1.165) is 48.8 Å². The third-order valence-corrected chi connectivity index (χ3v) is 5.67. The fourth-order valence-corrected chi connectivity index (χ4v) is 3.71. The van der Waals surface area contributed by atoms with Gasteiger partial charge >= 0.3 is 0 Å². The first-order chi connectivity index (χ1) is 14.5. The van der Waals surface area contributed by atoms with Crippen molar-refractivity contribution in [2.45, 2.75) is 12.6 Å². The van der Waals surface area contributed by atoms with Crippen LogP contribution in [-0.2, 0) is 5.66 Å². The van der Waals surface area contributed by atoms with Gasteiger partial charge in [-0.3, -0.25) is 5.73 Å². The minimum Gasteiger partial charge on any atom is -0.495 e. The second-order valence-electron chi connectivity index (χ2n) is 7.31. The van der Waals surface area contributed by atoms with Crippen molar-refractivity contribution < 1.29 is 4.74 Å². The van der Waals surface area contributed by atoms with E-state index in [2.05, 4.69) is 25.8 Å². The quantitative estimate of drug-likeness (QED) is 0.593. The highest BCUT2D eigenvalue weighted by Crippen LogP contribution is 2.35. The molecule has 1 atom stereocenters. The number of hydrogen-bond acceptors (Lipinski definition) is 8. The summed E-state index contributed by atoms with van der Waals surface area (Å²) in [4.78, 5) is 11.6. The van der Waals surface area contributed by atoms with Gasteiger partial charge in [0.25, 0.3) is 0 Å². The monoisotopic (exact) mass is 427 g/mol. The third kappa shape index (κ3) is 4.07. The summed E-state index contributed by atoms with van der Waals surface area (Å²) in [6.45, 7) is 5.79. The van der Waals surface area contributed by atoms with Crippen molar-refractivity contribution in [3.8, 4) is 5.75 Å². The fraction of sp³-hybridized carbons (Fsp3) is 0.333. The van der Waals surface area contributed by atoms with Crippen molar-refractivity contribution in [2.75, 3.05) is 43.5 Å². The van der Waals surface area contributed by atoms with E-state index >= 15 is 0 Å². The second-order valence-corrected chi connectivity index (χ2v) is 7.72. The number of nitrogens with one attached hydrogen (secondary N) is 3. The highest BCUT2D eigenvalue weighted by molar-refractivity contribution is 6.32. The van der Waals surface area contributed by atoms with Crippen LogP contribution in [0, 0.1) is 0 Å². The van der Waals surface area contributed by atoms with Gasteiger partial charge in [-0.05, 0) is 36.8 Å². The Hall–Kier alpha value is -2.81. The van der Waals surface area contributed by atoms with Crippen LogP contribution in [0.5, 0.6) is 5.75 Å². The van der Waals surface area contributed by atoms with Crippen LogP contribution in [0.3, 0.4) is 0 Å². The number of guanidine groups is 1. The molecule has 0 spiro atoms. The summed E-state index contributed by atoms with van der Waals surface area (Å²) in [7, 11) is 1.58. The molecule has 30 heavy (non-hydrogen) atoms. The summed E-state index contributed by atoms with van der Waals surface area (Å²) < 4.78 is 5.34. The number of anilines is 2. The van der Waals surface area contributed by atoms with Gasteiger partial charge in [-0.2, -0.15) is 0 Å². The molecule has 1 unspecified atom stereocenters. The normalized spacial score (nSPS) is 21.4. The fourth-order valence-electron chi connectivity index (χ4n) is 3.51. The number of piperazine rings is 1. The standard InChI is InChI=1S/C21H26ClN7O/c1-14-12-26-20(28-21(14,23)15-3-5-17(22)18(11-15)30-2)27-16-4-6-19(25-13-16)29-9-7-24-8-10-29/h3-6,11-13,24H,7-10,23H2,1-2H3,(H2,26,27,28). The first-order valence-electron chi connectivity index (χ1n) is 9.85. The highest BCUT2D eigenvalue weighted by Gasteiger charge is 2.33. The van der Waals surface area contributed by atoms with E-state index in [9.17, 15) is 0 Å². The third-order valence-electron chi connectivity index (χ3n) is 5.36. The molecule has 1 aromatic heterocycles. The Balaban J connectivity index is 1.54. The lowest BCUT2D eigenvalue weighted by Gasteiger charge is -2.32. The number of nitrogens with two attached hydrogens (primary N) is 1. The molecule has 3 heterocycles. The van der Waals surface area contributed by atoms with Gasteiger partial charge in [0.2, 0.25) is 5.96 Å². The molecule has 8 nitrogen and oxygen atoms in total. The Labute approximate surface area is 181 Å². The Morgan fingerprint density at radius 2 is 2.03 bits per heavy atom. The zero-order valence-corrected chi connectivity index (χ0v) is 17.8. The lowest BCUT2D eigenvalue weighted by Crippen LogP contribution is -2.44. The van der Waals surface area contributed by atoms with E-state index in [1.165, 1.54) is 0 Å². The van der Waals surface area contributed by atoms with E-state index in [4.69, 9.17) is 27.1 Å². The zero-order chi connectivity index (χ0) is 21.1. The second kappa shape index (κ2) is 8.51. The summed E-state index contributed by atoms with van der Waals surface area (Å²) in [5.74, 6) is 2.06. The summed E-state index contributed by atoms with van der Waals surface area (Å²) in [6, 6.07) is 9.44. The van der Waals surface area contributed by atoms with Gasteiger partial charge < -0.3 is 25.6 Å². The van der Waals surface area contributed by atoms with Gasteiger partial charge in [-0.25, -0.2) is 9.98 Å². The number of ether oxygens (including phenoxy) is 1. The van der Waals surface area contributed by atoms with Crippen LogP contribution in [0.1, 0.15) is 12.5 Å². The lowest BCUT2D eigenvalue weighted by atomic mass is 9.93. The Morgan fingerprint density at radius 3 is 2.73 bits per heavy atom. The number of nitrogens with zero attached hydrogens (tertiary/aromatic N) is 3. The Kier molecular flexibility index (Phi) is 5.80. The van der Waals surface area contributed by atoms with E-state index in [0.29, 0.717) is 16.7 Å². The molecule has 0 aliphatic carbocycles. The predicted molar refractivity (Wildman–Crippen MR) is 121 cm³/mol. The molecule has 9 heteroatoms. The minimum absolute atomic E-state index is 0.526. The molecule has 0 amide bonds. The smallest absolute Gasteiger partial charge is 0.202 e. The molecular formula is C21H26ClN7O. The molecule has 158 valence electrons. The molecular weight excluding hydrogens is 402 g/mol. The number of aliphatic imine (C=N–C) groups is 1. The summed E-state index contributed by atoms with van der Waals surface area (Å²) >= 11 is 6.17. The Bertz CT molecular complexity index is 970. The van der Waals surface area contributed by atoms with Gasteiger partial charge in [0, 0.05) is 37.9 Å². The van der Waals surface area contributed by atoms with Crippen LogP contribution >= 0.6 is 11.6 Å². The van der Waals surface area contributed by atoms with Crippen molar-refractivity contribution in [1.82, 2.24) is 15.6 Å². The molecule has 1 fully saturated rings. The molecule has 2 aliphatic rings. The first-order valence-corrected chi connectivity index (χ1v) is 10.2. The maximum Gasteiger partial charge on any atom is 0.202 e. The van der Waals surface area contributed by atoms with Crippen LogP contribution < -0.4 is 31.3 Å². The molecule has 2 aliphatic heterocycles.